The number of rotatable bonds is 10. The standard InChI is InChI=1S/C30H30BrN3O3/c1-3-9-21-14-15-27(28(18-21)36-2)37-17-8-16-33-26-13-7-5-11-24(26)32-30(33)22-19-29(35)34(20-22)25-12-6-4-10-23(25)31/h3-7,10-15,18,22H,1,8-9,16-17,19-20H2,2H3. The van der Waals surface area contributed by atoms with Crippen molar-refractivity contribution in [3.63, 3.8) is 0 Å². The lowest BCUT2D eigenvalue weighted by Crippen LogP contribution is -2.25. The first kappa shape index (κ1) is 25.1. The minimum atomic E-state index is 0.0189. The number of para-hydroxylation sites is 3. The van der Waals surface area contributed by atoms with Gasteiger partial charge in [-0.15, -0.1) is 6.58 Å². The fourth-order valence-electron chi connectivity index (χ4n) is 4.95. The van der Waals surface area contributed by atoms with Gasteiger partial charge in [-0.25, -0.2) is 4.98 Å². The van der Waals surface area contributed by atoms with Gasteiger partial charge in [-0.1, -0.05) is 36.4 Å². The molecular weight excluding hydrogens is 530 g/mol. The number of aryl methyl sites for hydroxylation is 1. The summed E-state index contributed by atoms with van der Waals surface area (Å²) in [6, 6.07) is 22.0. The minimum Gasteiger partial charge on any atom is -0.493 e. The Kier molecular flexibility index (Phi) is 7.60. The van der Waals surface area contributed by atoms with Crippen LogP contribution in [-0.4, -0.2) is 35.7 Å². The first-order valence-electron chi connectivity index (χ1n) is 12.5. The average Bonchev–Trinajstić information content (AvgIpc) is 3.48. The first-order chi connectivity index (χ1) is 18.1. The summed E-state index contributed by atoms with van der Waals surface area (Å²) in [7, 11) is 1.66. The summed E-state index contributed by atoms with van der Waals surface area (Å²) in [6.07, 6.45) is 3.89. The molecule has 1 aromatic heterocycles. The lowest BCUT2D eigenvalue weighted by molar-refractivity contribution is -0.117. The number of halogens is 1. The van der Waals surface area contributed by atoms with Gasteiger partial charge in [0.05, 0.1) is 30.4 Å². The molecule has 0 bridgehead atoms. The van der Waals surface area contributed by atoms with Crippen molar-refractivity contribution in [3.8, 4) is 11.5 Å². The third-order valence-electron chi connectivity index (χ3n) is 6.71. The third kappa shape index (κ3) is 5.27. The molecule has 2 heterocycles. The third-order valence-corrected chi connectivity index (χ3v) is 7.38. The maximum absolute atomic E-state index is 13.0. The number of nitrogens with zero attached hydrogens (tertiary/aromatic N) is 3. The Morgan fingerprint density at radius 3 is 2.73 bits per heavy atom. The highest BCUT2D eigenvalue weighted by molar-refractivity contribution is 9.10. The van der Waals surface area contributed by atoms with Crippen LogP contribution >= 0.6 is 15.9 Å². The summed E-state index contributed by atoms with van der Waals surface area (Å²) in [5.41, 5.74) is 4.07. The van der Waals surface area contributed by atoms with E-state index in [-0.39, 0.29) is 11.8 Å². The topological polar surface area (TPSA) is 56.6 Å². The van der Waals surface area contributed by atoms with E-state index in [0.29, 0.717) is 19.6 Å². The van der Waals surface area contributed by atoms with Crippen molar-refractivity contribution >= 4 is 38.6 Å². The van der Waals surface area contributed by atoms with Gasteiger partial charge in [0.1, 0.15) is 5.82 Å². The summed E-state index contributed by atoms with van der Waals surface area (Å²) >= 11 is 3.59. The maximum Gasteiger partial charge on any atom is 0.227 e. The molecule has 1 aliphatic rings. The average molecular weight is 560 g/mol. The fourth-order valence-corrected chi connectivity index (χ4v) is 5.45. The van der Waals surface area contributed by atoms with Crippen LogP contribution in [0.4, 0.5) is 5.69 Å². The molecule has 5 rings (SSSR count). The molecule has 4 aromatic rings. The van der Waals surface area contributed by atoms with E-state index in [1.165, 1.54) is 0 Å². The van der Waals surface area contributed by atoms with Gasteiger partial charge in [0.15, 0.2) is 11.5 Å². The number of ether oxygens (including phenoxy) is 2. The zero-order chi connectivity index (χ0) is 25.8. The van der Waals surface area contributed by atoms with E-state index in [4.69, 9.17) is 14.5 Å². The highest BCUT2D eigenvalue weighted by atomic mass is 79.9. The molecule has 0 aliphatic carbocycles. The predicted molar refractivity (Wildman–Crippen MR) is 151 cm³/mol. The Hall–Kier alpha value is -3.58. The van der Waals surface area contributed by atoms with Gasteiger partial charge in [0.25, 0.3) is 0 Å². The molecule has 1 unspecified atom stereocenters. The van der Waals surface area contributed by atoms with Gasteiger partial charge in [0, 0.05) is 29.9 Å². The number of imidazole rings is 1. The molecule has 0 saturated carbocycles. The smallest absolute Gasteiger partial charge is 0.227 e. The van der Waals surface area contributed by atoms with Crippen LogP contribution in [-0.2, 0) is 17.8 Å². The number of hydrogen-bond acceptors (Lipinski definition) is 4. The normalized spacial score (nSPS) is 15.4. The molecule has 1 atom stereocenters. The largest absolute Gasteiger partial charge is 0.493 e. The van der Waals surface area contributed by atoms with Crippen molar-refractivity contribution < 1.29 is 14.3 Å². The molecule has 0 radical (unpaired) electrons. The highest BCUT2D eigenvalue weighted by Gasteiger charge is 2.35. The van der Waals surface area contributed by atoms with Crippen LogP contribution in [0.25, 0.3) is 11.0 Å². The molecule has 1 amide bonds. The van der Waals surface area contributed by atoms with Crippen LogP contribution in [0.5, 0.6) is 11.5 Å². The number of aromatic nitrogens is 2. The quantitative estimate of drug-likeness (QED) is 0.164. The van der Waals surface area contributed by atoms with E-state index in [0.717, 1.165) is 63.5 Å². The molecule has 6 nitrogen and oxygen atoms in total. The Labute approximate surface area is 225 Å². The van der Waals surface area contributed by atoms with E-state index in [2.05, 4.69) is 33.1 Å². The summed E-state index contributed by atoms with van der Waals surface area (Å²) in [5, 5.41) is 0. The summed E-state index contributed by atoms with van der Waals surface area (Å²) in [5.74, 6) is 2.55. The number of amides is 1. The van der Waals surface area contributed by atoms with E-state index < -0.39 is 0 Å². The molecule has 1 aliphatic heterocycles. The van der Waals surface area contributed by atoms with Crippen molar-refractivity contribution in [1.29, 1.82) is 0 Å². The maximum atomic E-state index is 13.0. The molecule has 190 valence electrons. The second-order valence-electron chi connectivity index (χ2n) is 9.15. The number of anilines is 1. The Bertz CT molecular complexity index is 1430. The van der Waals surface area contributed by atoms with E-state index in [1.54, 1.807) is 7.11 Å². The Morgan fingerprint density at radius 1 is 1.11 bits per heavy atom. The minimum absolute atomic E-state index is 0.0189. The highest BCUT2D eigenvalue weighted by Crippen LogP contribution is 2.36. The van der Waals surface area contributed by atoms with Crippen LogP contribution in [0.15, 0.2) is 83.9 Å². The van der Waals surface area contributed by atoms with Gasteiger partial charge in [-0.05, 0) is 70.7 Å². The van der Waals surface area contributed by atoms with Crippen molar-refractivity contribution in [3.05, 3.63) is 95.2 Å². The van der Waals surface area contributed by atoms with Gasteiger partial charge in [-0.2, -0.15) is 0 Å². The molecule has 0 N–H and O–H groups in total. The zero-order valence-corrected chi connectivity index (χ0v) is 22.5. The molecule has 7 heteroatoms. The molecule has 1 saturated heterocycles. The van der Waals surface area contributed by atoms with Crippen LogP contribution in [0.2, 0.25) is 0 Å². The molecular formula is C30H30BrN3O3. The lowest BCUT2D eigenvalue weighted by atomic mass is 10.1. The van der Waals surface area contributed by atoms with Crippen molar-refractivity contribution in [1.82, 2.24) is 9.55 Å². The lowest BCUT2D eigenvalue weighted by Gasteiger charge is -2.19. The number of carbonyl (C=O) groups excluding carboxylic acids is 1. The number of allylic oxidation sites excluding steroid dienone is 1. The SMILES string of the molecule is C=CCc1ccc(OCCCn2c(C3CC(=O)N(c4ccccc4Br)C3)nc3ccccc32)c(OC)c1. The van der Waals surface area contributed by atoms with Gasteiger partial charge in [-0.3, -0.25) is 4.79 Å². The van der Waals surface area contributed by atoms with E-state index >= 15 is 0 Å². The number of hydrogen-bond donors (Lipinski definition) is 0. The number of carbonyl (C=O) groups is 1. The van der Waals surface area contributed by atoms with Crippen LogP contribution < -0.4 is 14.4 Å². The van der Waals surface area contributed by atoms with E-state index in [1.807, 2.05) is 71.6 Å². The first-order valence-corrected chi connectivity index (χ1v) is 13.3. The van der Waals surface area contributed by atoms with Gasteiger partial charge >= 0.3 is 0 Å². The van der Waals surface area contributed by atoms with Gasteiger partial charge in [0.2, 0.25) is 5.91 Å². The predicted octanol–water partition coefficient (Wildman–Crippen LogP) is 6.53. The fraction of sp³-hybridized carbons (Fsp3) is 0.267. The van der Waals surface area contributed by atoms with Crippen LogP contribution in [0, 0.1) is 0 Å². The second-order valence-corrected chi connectivity index (χ2v) is 10.0. The van der Waals surface area contributed by atoms with Crippen molar-refractivity contribution in [2.45, 2.75) is 31.7 Å². The van der Waals surface area contributed by atoms with Crippen molar-refractivity contribution in [2.75, 3.05) is 25.2 Å². The molecule has 1 fully saturated rings. The van der Waals surface area contributed by atoms with E-state index in [9.17, 15) is 4.79 Å². The Morgan fingerprint density at radius 2 is 1.92 bits per heavy atom. The molecule has 37 heavy (non-hydrogen) atoms. The molecule has 0 spiro atoms. The summed E-state index contributed by atoms with van der Waals surface area (Å²) < 4.78 is 14.8. The number of benzene rings is 3. The van der Waals surface area contributed by atoms with Crippen LogP contribution in [0.3, 0.4) is 0 Å². The Balaban J connectivity index is 1.32. The number of methoxy groups -OCH3 is 1. The van der Waals surface area contributed by atoms with Crippen LogP contribution in [0.1, 0.15) is 30.1 Å². The zero-order valence-electron chi connectivity index (χ0n) is 20.9. The monoisotopic (exact) mass is 559 g/mol. The van der Waals surface area contributed by atoms with Crippen molar-refractivity contribution in [2.24, 2.45) is 0 Å². The second kappa shape index (κ2) is 11.2. The summed E-state index contributed by atoms with van der Waals surface area (Å²) in [4.78, 5) is 19.9. The molecule has 3 aromatic carbocycles. The number of fused-ring (bicyclic) bond motifs is 1. The van der Waals surface area contributed by atoms with Gasteiger partial charge < -0.3 is 18.9 Å². The summed E-state index contributed by atoms with van der Waals surface area (Å²) in [6.45, 7) is 5.69.